The van der Waals surface area contributed by atoms with E-state index in [0.29, 0.717) is 6.61 Å². The third-order valence-corrected chi connectivity index (χ3v) is 11.7. The Morgan fingerprint density at radius 1 is 0.926 bits per heavy atom. The number of hydrogen-bond acceptors (Lipinski definition) is 4. The minimum atomic E-state index is -4.42. The summed E-state index contributed by atoms with van der Waals surface area (Å²) in [5.74, 6) is -0.146. The topological polar surface area (TPSA) is 18.5 Å². The molecule has 0 saturated carbocycles. The fourth-order valence-electron chi connectivity index (χ4n) is 1.94. The van der Waals surface area contributed by atoms with E-state index in [9.17, 15) is 13.2 Å². The molecule has 0 atom stereocenters. The molecule has 0 N–H and O–H groups in total. The summed E-state index contributed by atoms with van der Waals surface area (Å²) in [6, 6.07) is 5.27. The smallest absolute Gasteiger partial charge is 0.419 e. The summed E-state index contributed by atoms with van der Waals surface area (Å²) >= 11 is 0. The maximum absolute atomic E-state index is 13.0. The molecule has 27 heavy (non-hydrogen) atoms. The van der Waals surface area contributed by atoms with Crippen LogP contribution in [0.2, 0.25) is 18.1 Å². The van der Waals surface area contributed by atoms with Crippen LogP contribution in [0, 0.1) is 0 Å². The number of benzene rings is 1. The van der Waals surface area contributed by atoms with Gasteiger partial charge in [0.25, 0.3) is 0 Å². The van der Waals surface area contributed by atoms with E-state index in [0.717, 1.165) is 15.9 Å². The van der Waals surface area contributed by atoms with E-state index < -0.39 is 20.1 Å². The van der Waals surface area contributed by atoms with Gasteiger partial charge in [-0.3, -0.25) is 0 Å². The van der Waals surface area contributed by atoms with Gasteiger partial charge in [-0.05, 0) is 42.4 Å². The van der Waals surface area contributed by atoms with Gasteiger partial charge >= 0.3 is 6.18 Å². The largest absolute Gasteiger partial charge is 0.488 e. The average molecular weight is 435 g/mol. The SMILES string of the molecule is CC(C)(C)[Si](C)(C)OCC1=CC=C(COc2ccccc2C(F)(F)F)SS1. The highest BCUT2D eigenvalue weighted by molar-refractivity contribution is 8.79. The van der Waals surface area contributed by atoms with Gasteiger partial charge in [-0.2, -0.15) is 13.2 Å². The molecule has 0 aliphatic carbocycles. The minimum absolute atomic E-state index is 0.109. The standard InChI is InChI=1S/C19H25F3O2S2Si/c1-18(2,3)27(4,5)24-13-15-11-10-14(25-26-15)12-23-17-9-7-6-8-16(17)19(20,21)22/h6-11H,12-13H2,1-5H3. The number of hydrogen-bond donors (Lipinski definition) is 0. The first-order valence-corrected chi connectivity index (χ1v) is 13.6. The van der Waals surface area contributed by atoms with Crippen molar-refractivity contribution in [2.45, 2.75) is 45.1 Å². The zero-order valence-corrected chi connectivity index (χ0v) is 18.8. The van der Waals surface area contributed by atoms with Gasteiger partial charge in [-0.1, -0.05) is 54.5 Å². The van der Waals surface area contributed by atoms with E-state index >= 15 is 0 Å². The highest BCUT2D eigenvalue weighted by Crippen LogP contribution is 2.43. The Balaban J connectivity index is 1.94. The fourth-order valence-corrected chi connectivity index (χ4v) is 4.93. The molecule has 0 radical (unpaired) electrons. The molecule has 0 saturated heterocycles. The van der Waals surface area contributed by atoms with Crippen LogP contribution in [0.1, 0.15) is 26.3 Å². The monoisotopic (exact) mass is 434 g/mol. The van der Waals surface area contributed by atoms with Crippen molar-refractivity contribution in [3.05, 3.63) is 51.8 Å². The maximum atomic E-state index is 13.0. The van der Waals surface area contributed by atoms with Gasteiger partial charge in [0, 0.05) is 9.81 Å². The second-order valence-electron chi connectivity index (χ2n) is 7.76. The van der Waals surface area contributed by atoms with Crippen LogP contribution in [-0.2, 0) is 10.6 Å². The molecule has 1 aliphatic heterocycles. The van der Waals surface area contributed by atoms with Crippen molar-refractivity contribution in [2.24, 2.45) is 0 Å². The van der Waals surface area contributed by atoms with Gasteiger partial charge in [0.05, 0.1) is 12.2 Å². The maximum Gasteiger partial charge on any atom is 0.419 e. The lowest BCUT2D eigenvalue weighted by Gasteiger charge is -2.36. The van der Waals surface area contributed by atoms with Crippen molar-refractivity contribution in [1.82, 2.24) is 0 Å². The molecule has 2 rings (SSSR count). The van der Waals surface area contributed by atoms with Crippen LogP contribution in [-0.4, -0.2) is 21.5 Å². The second-order valence-corrected chi connectivity index (χ2v) is 15.0. The molecule has 1 aliphatic rings. The number of rotatable bonds is 6. The van der Waals surface area contributed by atoms with Gasteiger partial charge in [0.1, 0.15) is 12.4 Å². The van der Waals surface area contributed by atoms with Crippen molar-refractivity contribution in [3.8, 4) is 5.75 Å². The number of alkyl halides is 3. The number of ether oxygens (including phenoxy) is 1. The Labute approximate surface area is 168 Å². The van der Waals surface area contributed by atoms with Crippen molar-refractivity contribution >= 4 is 29.9 Å². The average Bonchev–Trinajstić information content (AvgIpc) is 2.57. The second kappa shape index (κ2) is 8.67. The summed E-state index contributed by atoms with van der Waals surface area (Å²) in [7, 11) is 1.27. The quantitative estimate of drug-likeness (QED) is 0.346. The Kier molecular flexibility index (Phi) is 7.21. The molecule has 150 valence electrons. The molecule has 0 bridgehead atoms. The van der Waals surface area contributed by atoms with Gasteiger partial charge in [-0.25, -0.2) is 0 Å². The lowest BCUT2D eigenvalue weighted by atomic mass is 10.2. The van der Waals surface area contributed by atoms with Gasteiger partial charge < -0.3 is 9.16 Å². The molecular formula is C19H25F3O2S2Si. The van der Waals surface area contributed by atoms with Gasteiger partial charge in [0.15, 0.2) is 8.32 Å². The summed E-state index contributed by atoms with van der Waals surface area (Å²) in [6.45, 7) is 11.7. The summed E-state index contributed by atoms with van der Waals surface area (Å²) in [4.78, 5) is 1.97. The van der Waals surface area contributed by atoms with E-state index in [2.05, 4.69) is 33.9 Å². The number of allylic oxidation sites excluding steroid dienone is 2. The Hall–Kier alpha value is -0.833. The van der Waals surface area contributed by atoms with Crippen LogP contribution in [0.3, 0.4) is 0 Å². The molecule has 0 spiro atoms. The van der Waals surface area contributed by atoms with Crippen molar-refractivity contribution < 1.29 is 22.3 Å². The molecule has 0 aromatic heterocycles. The number of halogens is 3. The van der Waals surface area contributed by atoms with E-state index in [1.165, 1.54) is 29.0 Å². The first-order valence-electron chi connectivity index (χ1n) is 8.57. The summed E-state index contributed by atoms with van der Waals surface area (Å²) in [6.07, 6.45) is -0.571. The van der Waals surface area contributed by atoms with Gasteiger partial charge in [-0.15, -0.1) is 0 Å². The summed E-state index contributed by atoms with van der Waals surface area (Å²) in [5.41, 5.74) is -0.752. The predicted octanol–water partition coefficient (Wildman–Crippen LogP) is 7.27. The highest BCUT2D eigenvalue weighted by atomic mass is 33.1. The van der Waals surface area contributed by atoms with E-state index in [4.69, 9.17) is 9.16 Å². The normalized spacial score (nSPS) is 16.0. The third kappa shape index (κ3) is 6.34. The first kappa shape index (κ1) is 22.5. The molecule has 1 aromatic rings. The molecule has 1 heterocycles. The Morgan fingerprint density at radius 2 is 1.48 bits per heavy atom. The van der Waals surface area contributed by atoms with Crippen LogP contribution in [0.5, 0.6) is 5.75 Å². The molecular weight excluding hydrogens is 409 g/mol. The highest BCUT2D eigenvalue weighted by Gasteiger charge is 2.37. The third-order valence-electron chi connectivity index (χ3n) is 4.65. The van der Waals surface area contributed by atoms with Crippen LogP contribution in [0.4, 0.5) is 13.2 Å². The van der Waals surface area contributed by atoms with Crippen LogP contribution < -0.4 is 4.74 Å². The predicted molar refractivity (Wildman–Crippen MR) is 111 cm³/mol. The van der Waals surface area contributed by atoms with Crippen LogP contribution in [0.15, 0.2) is 46.2 Å². The Bertz CT molecular complexity index is 722. The minimum Gasteiger partial charge on any atom is -0.488 e. The van der Waals surface area contributed by atoms with E-state index in [-0.39, 0.29) is 17.4 Å². The van der Waals surface area contributed by atoms with E-state index in [1.807, 2.05) is 12.2 Å². The number of para-hydroxylation sites is 1. The molecule has 0 fully saturated rings. The molecule has 1 aromatic carbocycles. The van der Waals surface area contributed by atoms with E-state index in [1.54, 1.807) is 10.8 Å². The van der Waals surface area contributed by atoms with Crippen molar-refractivity contribution in [3.63, 3.8) is 0 Å². The first-order chi connectivity index (χ1) is 12.4. The van der Waals surface area contributed by atoms with Crippen molar-refractivity contribution in [1.29, 1.82) is 0 Å². The van der Waals surface area contributed by atoms with Crippen LogP contribution >= 0.6 is 21.6 Å². The molecule has 0 unspecified atom stereocenters. The molecule has 2 nitrogen and oxygen atoms in total. The van der Waals surface area contributed by atoms with Crippen molar-refractivity contribution in [2.75, 3.05) is 13.2 Å². The van der Waals surface area contributed by atoms with Crippen LogP contribution in [0.25, 0.3) is 0 Å². The molecule has 8 heteroatoms. The Morgan fingerprint density at radius 3 is 2.00 bits per heavy atom. The lowest BCUT2D eigenvalue weighted by Crippen LogP contribution is -2.41. The van der Waals surface area contributed by atoms with Gasteiger partial charge in [0.2, 0.25) is 0 Å². The summed E-state index contributed by atoms with van der Waals surface area (Å²) in [5, 5.41) is 0.154. The zero-order chi connectivity index (χ0) is 20.3. The summed E-state index contributed by atoms with van der Waals surface area (Å²) < 4.78 is 50.6. The zero-order valence-electron chi connectivity index (χ0n) is 16.1. The molecule has 0 amide bonds. The fraction of sp³-hybridized carbons (Fsp3) is 0.474. The lowest BCUT2D eigenvalue weighted by molar-refractivity contribution is -0.138.